The minimum absolute atomic E-state index is 0.00806. The van der Waals surface area contributed by atoms with Gasteiger partial charge in [0.05, 0.1) is 11.7 Å². The van der Waals surface area contributed by atoms with Gasteiger partial charge in [0.15, 0.2) is 5.82 Å². The largest absolute Gasteiger partial charge is 0.356 e. The number of anilines is 2. The molecule has 1 aliphatic rings. The number of rotatable bonds is 8. The van der Waals surface area contributed by atoms with E-state index < -0.39 is 0 Å². The number of piperidine rings is 1. The average molecular weight is 428 g/mol. The number of nitrogens with one attached hydrogen (secondary N) is 2. The third-order valence-corrected chi connectivity index (χ3v) is 5.98. The number of hydrogen-bond acceptors (Lipinski definition) is 6. The van der Waals surface area contributed by atoms with Crippen molar-refractivity contribution in [3.8, 4) is 0 Å². The fraction of sp³-hybridized carbons (Fsp3) is 0.455. The van der Waals surface area contributed by atoms with E-state index in [1.54, 1.807) is 0 Å². The van der Waals surface area contributed by atoms with Gasteiger partial charge in [-0.15, -0.1) is 10.2 Å². The van der Waals surface area contributed by atoms with Crippen LogP contribution in [0.1, 0.15) is 31.7 Å². The van der Waals surface area contributed by atoms with Crippen molar-refractivity contribution < 1.29 is 9.59 Å². The van der Waals surface area contributed by atoms with Crippen molar-refractivity contribution in [2.75, 3.05) is 35.6 Å². The predicted octanol–water partition coefficient (Wildman–Crippen LogP) is 3.26. The highest BCUT2D eigenvalue weighted by Crippen LogP contribution is 2.23. The number of aromatic nitrogens is 2. The fourth-order valence-corrected chi connectivity index (χ4v) is 4.00. The van der Waals surface area contributed by atoms with Gasteiger partial charge in [-0.25, -0.2) is 0 Å². The summed E-state index contributed by atoms with van der Waals surface area (Å²) in [6.07, 6.45) is 2.81. The molecule has 1 aromatic carbocycles. The highest BCUT2D eigenvalue weighted by Gasteiger charge is 2.26. The van der Waals surface area contributed by atoms with Crippen molar-refractivity contribution in [1.29, 1.82) is 0 Å². The molecule has 2 aromatic rings. The maximum absolute atomic E-state index is 12.3. The molecule has 2 amide bonds. The number of thioether (sulfide) groups is 1. The third kappa shape index (κ3) is 6.19. The van der Waals surface area contributed by atoms with E-state index in [1.807, 2.05) is 43.3 Å². The zero-order valence-electron chi connectivity index (χ0n) is 17.6. The molecule has 1 fully saturated rings. The van der Waals surface area contributed by atoms with Gasteiger partial charge in [0.1, 0.15) is 5.03 Å². The number of carbonyl (C=O) groups is 2. The van der Waals surface area contributed by atoms with Gasteiger partial charge < -0.3 is 15.5 Å². The van der Waals surface area contributed by atoms with Gasteiger partial charge in [0, 0.05) is 25.3 Å². The van der Waals surface area contributed by atoms with Crippen LogP contribution >= 0.6 is 11.8 Å². The number of benzene rings is 1. The van der Waals surface area contributed by atoms with Gasteiger partial charge in [-0.2, -0.15) is 0 Å². The van der Waals surface area contributed by atoms with Crippen LogP contribution in [0.25, 0.3) is 0 Å². The standard InChI is InChI=1S/C22H29N5O2S/c1-3-12-23-22(29)17-8-6-13-27(14-17)19-10-11-21(26-25-19)30-15-20(28)24-18-9-5-4-7-16(18)2/h4-5,7,9-11,17H,3,6,8,12-15H2,1-2H3,(H,23,29)(H,24,28)/t17-/m1/s1. The van der Waals surface area contributed by atoms with Gasteiger partial charge >= 0.3 is 0 Å². The summed E-state index contributed by atoms with van der Waals surface area (Å²) in [6, 6.07) is 11.5. The second kappa shape index (κ2) is 11.0. The molecule has 7 nitrogen and oxygen atoms in total. The van der Waals surface area contributed by atoms with Crippen molar-refractivity contribution in [3.63, 3.8) is 0 Å². The van der Waals surface area contributed by atoms with Gasteiger partial charge in [-0.3, -0.25) is 9.59 Å². The summed E-state index contributed by atoms with van der Waals surface area (Å²) in [5.41, 5.74) is 1.86. The molecular weight excluding hydrogens is 398 g/mol. The number of hydrogen-bond donors (Lipinski definition) is 2. The number of amides is 2. The molecule has 8 heteroatoms. The number of nitrogens with zero attached hydrogens (tertiary/aromatic N) is 3. The van der Waals surface area contributed by atoms with E-state index in [9.17, 15) is 9.59 Å². The summed E-state index contributed by atoms with van der Waals surface area (Å²) in [7, 11) is 0. The van der Waals surface area contributed by atoms with Crippen LogP contribution < -0.4 is 15.5 Å². The minimum atomic E-state index is -0.0721. The second-order valence-corrected chi connectivity index (χ2v) is 8.45. The number of carbonyl (C=O) groups excluding carboxylic acids is 2. The summed E-state index contributed by atoms with van der Waals surface area (Å²) in [5, 5.41) is 15.2. The van der Waals surface area contributed by atoms with Crippen molar-refractivity contribution >= 4 is 35.1 Å². The highest BCUT2D eigenvalue weighted by atomic mass is 32.2. The molecule has 0 radical (unpaired) electrons. The number of para-hydroxylation sites is 1. The summed E-state index contributed by atoms with van der Waals surface area (Å²) in [4.78, 5) is 26.6. The highest BCUT2D eigenvalue weighted by molar-refractivity contribution is 7.99. The molecule has 2 heterocycles. The van der Waals surface area contributed by atoms with Gasteiger partial charge in [0.2, 0.25) is 11.8 Å². The Labute approximate surface area is 182 Å². The molecule has 1 aliphatic heterocycles. The molecule has 160 valence electrons. The molecule has 0 aliphatic carbocycles. The van der Waals surface area contributed by atoms with Crippen LogP contribution in [0.5, 0.6) is 0 Å². The van der Waals surface area contributed by atoms with E-state index in [2.05, 4.69) is 32.7 Å². The second-order valence-electron chi connectivity index (χ2n) is 7.46. The van der Waals surface area contributed by atoms with Gasteiger partial charge in [-0.05, 0) is 49.9 Å². The van der Waals surface area contributed by atoms with Crippen molar-refractivity contribution in [2.24, 2.45) is 5.92 Å². The molecular formula is C22H29N5O2S. The third-order valence-electron chi connectivity index (χ3n) is 5.06. The van der Waals surface area contributed by atoms with Crippen molar-refractivity contribution in [2.45, 2.75) is 38.1 Å². The SMILES string of the molecule is CCCNC(=O)[C@@H]1CCCN(c2ccc(SCC(=O)Nc3ccccc3C)nn2)C1. The van der Waals surface area contributed by atoms with E-state index in [0.717, 1.165) is 49.4 Å². The quantitative estimate of drug-likeness (QED) is 0.629. The Balaban J connectivity index is 1.50. The lowest BCUT2D eigenvalue weighted by Gasteiger charge is -2.32. The lowest BCUT2D eigenvalue weighted by molar-refractivity contribution is -0.125. The van der Waals surface area contributed by atoms with Crippen LogP contribution in [0.3, 0.4) is 0 Å². The van der Waals surface area contributed by atoms with Crippen LogP contribution in [0.15, 0.2) is 41.4 Å². The van der Waals surface area contributed by atoms with Crippen LogP contribution in [0.2, 0.25) is 0 Å². The normalized spacial score (nSPS) is 16.2. The topological polar surface area (TPSA) is 87.2 Å². The zero-order valence-corrected chi connectivity index (χ0v) is 18.4. The molecule has 2 N–H and O–H groups in total. The van der Waals surface area contributed by atoms with Crippen LogP contribution in [0.4, 0.5) is 11.5 Å². The van der Waals surface area contributed by atoms with Gasteiger partial charge in [-0.1, -0.05) is 36.9 Å². The lowest BCUT2D eigenvalue weighted by Crippen LogP contribution is -2.43. The minimum Gasteiger partial charge on any atom is -0.356 e. The molecule has 0 bridgehead atoms. The summed E-state index contributed by atoms with van der Waals surface area (Å²) in [5.74, 6) is 1.09. The molecule has 3 rings (SSSR count). The molecule has 1 atom stereocenters. The van der Waals surface area contributed by atoms with Crippen molar-refractivity contribution in [1.82, 2.24) is 15.5 Å². The summed E-state index contributed by atoms with van der Waals surface area (Å²) in [6.45, 7) is 6.27. The Hall–Kier alpha value is -2.61. The monoisotopic (exact) mass is 427 g/mol. The maximum Gasteiger partial charge on any atom is 0.234 e. The smallest absolute Gasteiger partial charge is 0.234 e. The summed E-state index contributed by atoms with van der Waals surface area (Å²) < 4.78 is 0. The van der Waals surface area contributed by atoms with E-state index in [4.69, 9.17) is 0 Å². The number of aryl methyl sites for hydroxylation is 1. The first-order chi connectivity index (χ1) is 14.6. The Morgan fingerprint density at radius 3 is 2.77 bits per heavy atom. The van der Waals surface area contributed by atoms with E-state index >= 15 is 0 Å². The lowest BCUT2D eigenvalue weighted by atomic mass is 9.97. The Kier molecular flexibility index (Phi) is 8.07. The van der Waals surface area contributed by atoms with E-state index in [1.165, 1.54) is 11.8 Å². The Bertz CT molecular complexity index is 859. The molecule has 0 saturated carbocycles. The fourth-order valence-electron chi connectivity index (χ4n) is 3.39. The Morgan fingerprint density at radius 1 is 1.20 bits per heavy atom. The van der Waals surface area contributed by atoms with Crippen LogP contribution in [-0.4, -0.2) is 47.4 Å². The molecule has 0 unspecified atom stereocenters. The van der Waals surface area contributed by atoms with Crippen molar-refractivity contribution in [3.05, 3.63) is 42.0 Å². The molecule has 0 spiro atoms. The first-order valence-electron chi connectivity index (χ1n) is 10.4. The van der Waals surface area contributed by atoms with Crippen LogP contribution in [0, 0.1) is 12.8 Å². The summed E-state index contributed by atoms with van der Waals surface area (Å²) >= 11 is 1.36. The molecule has 30 heavy (non-hydrogen) atoms. The maximum atomic E-state index is 12.3. The molecule has 1 saturated heterocycles. The van der Waals surface area contributed by atoms with E-state index in [0.29, 0.717) is 11.6 Å². The predicted molar refractivity (Wildman–Crippen MR) is 121 cm³/mol. The van der Waals surface area contributed by atoms with Crippen LogP contribution in [-0.2, 0) is 9.59 Å². The van der Waals surface area contributed by atoms with E-state index in [-0.39, 0.29) is 23.5 Å². The molecule has 1 aromatic heterocycles. The zero-order chi connectivity index (χ0) is 21.3. The van der Waals surface area contributed by atoms with Gasteiger partial charge in [0.25, 0.3) is 0 Å². The average Bonchev–Trinajstić information content (AvgIpc) is 2.78. The first-order valence-corrected chi connectivity index (χ1v) is 11.4. The first kappa shape index (κ1) is 22.1. The Morgan fingerprint density at radius 2 is 2.03 bits per heavy atom.